The molecule has 6 nitrogen and oxygen atoms in total. The van der Waals surface area contributed by atoms with Gasteiger partial charge in [0, 0.05) is 11.0 Å². The Labute approximate surface area is 164 Å². The number of nitrogens with zero attached hydrogens (tertiary/aromatic N) is 2. The van der Waals surface area contributed by atoms with Crippen LogP contribution < -0.4 is 11.1 Å². The van der Waals surface area contributed by atoms with Gasteiger partial charge in [0.2, 0.25) is 5.71 Å². The van der Waals surface area contributed by atoms with Gasteiger partial charge in [-0.15, -0.1) is 0 Å². The lowest BCUT2D eigenvalue weighted by molar-refractivity contribution is -0.00926. The van der Waals surface area contributed by atoms with E-state index in [0.717, 1.165) is 42.2 Å². The van der Waals surface area contributed by atoms with E-state index in [1.54, 1.807) is 6.92 Å². The standard InChI is InChI=1S/C22H28N4O2/c1-11-15(17(23)27)16-18(26-21(2)3-4-21)24-20(25-19(16)28-11)22-8-12-5-13(9-22)7-14(6-12)10-22/h12-14H,3-10H2,1-2H3,(H2,23,27)(H,24,25,26). The molecule has 0 aliphatic heterocycles. The van der Waals surface area contributed by atoms with Gasteiger partial charge in [-0.25, -0.2) is 4.98 Å². The monoisotopic (exact) mass is 380 g/mol. The first-order valence-electron chi connectivity index (χ1n) is 10.7. The van der Waals surface area contributed by atoms with Gasteiger partial charge in [-0.05, 0) is 83.0 Å². The van der Waals surface area contributed by atoms with E-state index in [9.17, 15) is 4.79 Å². The van der Waals surface area contributed by atoms with Gasteiger partial charge in [-0.3, -0.25) is 4.79 Å². The zero-order chi connectivity index (χ0) is 19.3. The SMILES string of the molecule is Cc1oc2nc(C34CC5CC(CC(C5)C3)C4)nc(NC3(C)CC3)c2c1C(N)=O. The molecule has 5 aliphatic rings. The number of carbonyl (C=O) groups excluding carboxylic acids is 1. The average Bonchev–Trinajstić information content (AvgIpc) is 3.21. The van der Waals surface area contributed by atoms with Crippen LogP contribution in [0.3, 0.4) is 0 Å². The molecule has 0 radical (unpaired) electrons. The Morgan fingerprint density at radius 2 is 1.71 bits per heavy atom. The fourth-order valence-corrected chi connectivity index (χ4v) is 6.72. The number of fused-ring (bicyclic) bond motifs is 1. The number of furan rings is 1. The minimum absolute atomic E-state index is 0.0418. The van der Waals surface area contributed by atoms with Crippen LogP contribution in [0.4, 0.5) is 5.82 Å². The van der Waals surface area contributed by atoms with Crippen LogP contribution in [0.1, 0.15) is 80.2 Å². The Morgan fingerprint density at radius 3 is 2.25 bits per heavy atom. The number of hydrogen-bond acceptors (Lipinski definition) is 5. The number of primary amides is 1. The maximum absolute atomic E-state index is 12.1. The van der Waals surface area contributed by atoms with Crippen molar-refractivity contribution < 1.29 is 9.21 Å². The summed E-state index contributed by atoms with van der Waals surface area (Å²) in [5.41, 5.74) is 6.73. The molecule has 2 aromatic heterocycles. The molecular weight excluding hydrogens is 352 g/mol. The molecule has 148 valence electrons. The van der Waals surface area contributed by atoms with Gasteiger partial charge in [-0.1, -0.05) is 0 Å². The third kappa shape index (κ3) is 2.36. The molecule has 0 unspecified atom stereocenters. The first-order chi connectivity index (χ1) is 13.3. The molecular formula is C22H28N4O2. The first kappa shape index (κ1) is 16.8. The second-order valence-corrected chi connectivity index (χ2v) is 10.4. The maximum Gasteiger partial charge on any atom is 0.253 e. The van der Waals surface area contributed by atoms with E-state index in [1.165, 1.54) is 38.5 Å². The minimum Gasteiger partial charge on any atom is -0.442 e. The van der Waals surface area contributed by atoms with Crippen LogP contribution in [0, 0.1) is 24.7 Å². The molecule has 1 amide bonds. The number of amides is 1. The molecule has 6 heteroatoms. The second-order valence-electron chi connectivity index (χ2n) is 10.4. The summed E-state index contributed by atoms with van der Waals surface area (Å²) in [4.78, 5) is 22.1. The lowest BCUT2D eigenvalue weighted by Crippen LogP contribution is -2.49. The molecule has 5 aliphatic carbocycles. The van der Waals surface area contributed by atoms with Gasteiger partial charge >= 0.3 is 0 Å². The number of aryl methyl sites for hydroxylation is 1. The molecule has 5 fully saturated rings. The fraction of sp³-hybridized carbons (Fsp3) is 0.682. The summed E-state index contributed by atoms with van der Waals surface area (Å²) in [6.45, 7) is 3.98. The number of carbonyl (C=O) groups is 1. The predicted molar refractivity (Wildman–Crippen MR) is 106 cm³/mol. The van der Waals surface area contributed by atoms with Crippen molar-refractivity contribution in [2.45, 2.75) is 76.2 Å². The fourth-order valence-electron chi connectivity index (χ4n) is 6.72. The summed E-state index contributed by atoms with van der Waals surface area (Å²) in [7, 11) is 0. The molecule has 7 rings (SSSR count). The summed E-state index contributed by atoms with van der Waals surface area (Å²) >= 11 is 0. The van der Waals surface area contributed by atoms with Crippen molar-refractivity contribution in [3.05, 3.63) is 17.1 Å². The predicted octanol–water partition coefficient (Wildman–Crippen LogP) is 4.06. The van der Waals surface area contributed by atoms with Crippen LogP contribution in [0.5, 0.6) is 0 Å². The largest absolute Gasteiger partial charge is 0.442 e. The Morgan fingerprint density at radius 1 is 1.11 bits per heavy atom. The summed E-state index contributed by atoms with van der Waals surface area (Å²) in [6, 6.07) is 0. The highest BCUT2D eigenvalue weighted by Crippen LogP contribution is 2.60. The van der Waals surface area contributed by atoms with E-state index in [0.29, 0.717) is 22.4 Å². The lowest BCUT2D eigenvalue weighted by Gasteiger charge is -2.55. The van der Waals surface area contributed by atoms with Gasteiger partial charge in [0.25, 0.3) is 5.91 Å². The number of hydrogen-bond donors (Lipinski definition) is 2. The number of aromatic nitrogens is 2. The summed E-state index contributed by atoms with van der Waals surface area (Å²) in [5.74, 6) is 4.18. The van der Waals surface area contributed by atoms with Crippen molar-refractivity contribution >= 4 is 22.8 Å². The molecule has 5 saturated carbocycles. The van der Waals surface area contributed by atoms with Crippen molar-refractivity contribution in [2.24, 2.45) is 23.5 Å². The quantitative estimate of drug-likeness (QED) is 0.834. The highest BCUT2D eigenvalue weighted by molar-refractivity contribution is 6.09. The van der Waals surface area contributed by atoms with Gasteiger partial charge < -0.3 is 15.5 Å². The minimum atomic E-state index is -0.480. The zero-order valence-electron chi connectivity index (χ0n) is 16.7. The van der Waals surface area contributed by atoms with E-state index in [2.05, 4.69) is 12.2 Å². The van der Waals surface area contributed by atoms with E-state index in [4.69, 9.17) is 20.1 Å². The molecule has 28 heavy (non-hydrogen) atoms. The van der Waals surface area contributed by atoms with Crippen molar-refractivity contribution in [1.82, 2.24) is 9.97 Å². The van der Waals surface area contributed by atoms with Crippen molar-refractivity contribution in [1.29, 1.82) is 0 Å². The molecule has 4 bridgehead atoms. The Bertz CT molecular complexity index is 968. The summed E-state index contributed by atoms with van der Waals surface area (Å²) in [5, 5.41) is 4.26. The summed E-state index contributed by atoms with van der Waals surface area (Å²) < 4.78 is 5.95. The Balaban J connectivity index is 1.54. The average molecular weight is 380 g/mol. The van der Waals surface area contributed by atoms with Crippen molar-refractivity contribution in [3.63, 3.8) is 0 Å². The molecule has 3 N–H and O–H groups in total. The molecule has 0 aromatic carbocycles. The van der Waals surface area contributed by atoms with Gasteiger partial charge in [0.05, 0.1) is 10.9 Å². The van der Waals surface area contributed by atoms with Gasteiger partial charge in [0.1, 0.15) is 17.4 Å². The summed E-state index contributed by atoms with van der Waals surface area (Å²) in [6.07, 6.45) is 9.96. The van der Waals surface area contributed by atoms with Crippen LogP contribution >= 0.6 is 0 Å². The Hall–Kier alpha value is -2.11. The van der Waals surface area contributed by atoms with E-state index in [-0.39, 0.29) is 11.0 Å². The maximum atomic E-state index is 12.1. The smallest absolute Gasteiger partial charge is 0.253 e. The lowest BCUT2D eigenvalue weighted by atomic mass is 9.49. The highest BCUT2D eigenvalue weighted by Gasteiger charge is 2.53. The number of nitrogens with one attached hydrogen (secondary N) is 1. The molecule has 0 spiro atoms. The third-order valence-electron chi connectivity index (χ3n) is 7.91. The van der Waals surface area contributed by atoms with Gasteiger partial charge in [0.15, 0.2) is 0 Å². The number of anilines is 1. The zero-order valence-corrected chi connectivity index (χ0v) is 16.7. The van der Waals surface area contributed by atoms with Crippen LogP contribution in [-0.4, -0.2) is 21.4 Å². The van der Waals surface area contributed by atoms with E-state index < -0.39 is 5.91 Å². The topological polar surface area (TPSA) is 94.0 Å². The van der Waals surface area contributed by atoms with Crippen molar-refractivity contribution in [3.8, 4) is 0 Å². The number of nitrogens with two attached hydrogens (primary N) is 1. The highest BCUT2D eigenvalue weighted by atomic mass is 16.3. The van der Waals surface area contributed by atoms with Crippen LogP contribution in [0.25, 0.3) is 11.1 Å². The van der Waals surface area contributed by atoms with Crippen LogP contribution in [0.2, 0.25) is 0 Å². The second kappa shape index (κ2) is 5.28. The van der Waals surface area contributed by atoms with Crippen molar-refractivity contribution in [2.75, 3.05) is 5.32 Å². The normalized spacial score (nSPS) is 34.7. The molecule has 2 heterocycles. The van der Waals surface area contributed by atoms with E-state index >= 15 is 0 Å². The number of rotatable bonds is 4. The molecule has 2 aromatic rings. The molecule has 0 atom stereocenters. The third-order valence-corrected chi connectivity index (χ3v) is 7.91. The Kier molecular flexibility index (Phi) is 3.17. The first-order valence-corrected chi connectivity index (χ1v) is 10.7. The van der Waals surface area contributed by atoms with Gasteiger partial charge in [-0.2, -0.15) is 4.98 Å². The van der Waals surface area contributed by atoms with Crippen LogP contribution in [0.15, 0.2) is 4.42 Å². The van der Waals surface area contributed by atoms with E-state index in [1.807, 2.05) is 0 Å². The van der Waals surface area contributed by atoms with Crippen LogP contribution in [-0.2, 0) is 5.41 Å². The molecule has 0 saturated heterocycles.